The Morgan fingerprint density at radius 1 is 0.903 bits per heavy atom. The van der Waals surface area contributed by atoms with Gasteiger partial charge in [0.1, 0.15) is 0 Å². The van der Waals surface area contributed by atoms with E-state index in [-0.39, 0.29) is 12.5 Å². The fourth-order valence-electron chi connectivity index (χ4n) is 2.96. The van der Waals surface area contributed by atoms with Crippen molar-refractivity contribution >= 4 is 17.7 Å². The fraction of sp³-hybridized carbons (Fsp3) is 0.160. The van der Waals surface area contributed by atoms with E-state index in [1.165, 1.54) is 21.6 Å². The van der Waals surface area contributed by atoms with Crippen molar-refractivity contribution < 1.29 is 9.32 Å². The number of aromatic nitrogens is 2. The first-order valence-corrected chi connectivity index (χ1v) is 11.0. The maximum Gasteiger partial charge on any atom is 0.251 e. The maximum atomic E-state index is 12.4. The highest BCUT2D eigenvalue weighted by molar-refractivity contribution is 7.98. The number of carbonyl (C=O) groups is 1. The predicted octanol–water partition coefficient (Wildman–Crippen LogP) is 5.58. The SMILES string of the molecule is Cc1ccc(SCc2ccc(C(=O)NCc3nc(-c4ccc(C)cc4)no3)cc2)cc1. The topological polar surface area (TPSA) is 68.0 Å². The summed E-state index contributed by atoms with van der Waals surface area (Å²) in [5.41, 5.74) is 5.07. The first-order chi connectivity index (χ1) is 15.1. The Kier molecular flexibility index (Phi) is 6.48. The lowest BCUT2D eigenvalue weighted by molar-refractivity contribution is 0.0946. The Bertz CT molecular complexity index is 1150. The van der Waals surface area contributed by atoms with Crippen LogP contribution in [-0.4, -0.2) is 16.0 Å². The highest BCUT2D eigenvalue weighted by atomic mass is 32.2. The molecule has 0 spiro atoms. The van der Waals surface area contributed by atoms with E-state index in [1.807, 2.05) is 55.5 Å². The Balaban J connectivity index is 1.29. The molecule has 1 amide bonds. The van der Waals surface area contributed by atoms with Crippen LogP contribution < -0.4 is 5.32 Å². The maximum absolute atomic E-state index is 12.4. The van der Waals surface area contributed by atoms with E-state index in [9.17, 15) is 4.79 Å². The largest absolute Gasteiger partial charge is 0.343 e. The molecule has 156 valence electrons. The third-order valence-electron chi connectivity index (χ3n) is 4.82. The normalized spacial score (nSPS) is 10.8. The highest BCUT2D eigenvalue weighted by Crippen LogP contribution is 2.23. The lowest BCUT2D eigenvalue weighted by atomic mass is 10.1. The van der Waals surface area contributed by atoms with E-state index in [4.69, 9.17) is 4.52 Å². The molecule has 4 rings (SSSR count). The Morgan fingerprint density at radius 2 is 1.55 bits per heavy atom. The number of nitrogens with zero attached hydrogens (tertiary/aromatic N) is 2. The summed E-state index contributed by atoms with van der Waals surface area (Å²) in [5, 5.41) is 6.82. The molecule has 5 nitrogen and oxygen atoms in total. The summed E-state index contributed by atoms with van der Waals surface area (Å²) in [4.78, 5) is 18.0. The van der Waals surface area contributed by atoms with E-state index < -0.39 is 0 Å². The van der Waals surface area contributed by atoms with Crippen LogP contribution in [0.15, 0.2) is 82.2 Å². The van der Waals surface area contributed by atoms with Gasteiger partial charge in [-0.3, -0.25) is 4.79 Å². The van der Waals surface area contributed by atoms with Gasteiger partial charge in [0.05, 0.1) is 6.54 Å². The van der Waals surface area contributed by atoms with Crippen molar-refractivity contribution in [1.29, 1.82) is 0 Å². The van der Waals surface area contributed by atoms with Gasteiger partial charge < -0.3 is 9.84 Å². The minimum atomic E-state index is -0.173. The van der Waals surface area contributed by atoms with Crippen LogP contribution in [0.4, 0.5) is 0 Å². The molecule has 0 fully saturated rings. The summed E-state index contributed by atoms with van der Waals surface area (Å²) >= 11 is 1.78. The third-order valence-corrected chi connectivity index (χ3v) is 5.90. The number of benzene rings is 3. The quantitative estimate of drug-likeness (QED) is 0.389. The van der Waals surface area contributed by atoms with E-state index in [1.54, 1.807) is 11.8 Å². The van der Waals surface area contributed by atoms with Crippen LogP contribution in [-0.2, 0) is 12.3 Å². The van der Waals surface area contributed by atoms with Gasteiger partial charge in [0.15, 0.2) is 0 Å². The van der Waals surface area contributed by atoms with E-state index in [0.29, 0.717) is 17.3 Å². The number of nitrogens with one attached hydrogen (secondary N) is 1. The van der Waals surface area contributed by atoms with Gasteiger partial charge in [-0.05, 0) is 43.7 Å². The molecule has 0 saturated heterocycles. The minimum absolute atomic E-state index is 0.173. The smallest absolute Gasteiger partial charge is 0.251 e. The summed E-state index contributed by atoms with van der Waals surface area (Å²) < 4.78 is 5.26. The summed E-state index contributed by atoms with van der Waals surface area (Å²) in [6.07, 6.45) is 0. The number of amides is 1. The zero-order valence-electron chi connectivity index (χ0n) is 17.5. The van der Waals surface area contributed by atoms with Gasteiger partial charge in [-0.15, -0.1) is 11.8 Å². The average molecular weight is 430 g/mol. The van der Waals surface area contributed by atoms with Crippen molar-refractivity contribution in [2.24, 2.45) is 0 Å². The van der Waals surface area contributed by atoms with Crippen LogP contribution in [0.3, 0.4) is 0 Å². The molecule has 0 atom stereocenters. The second kappa shape index (κ2) is 9.62. The Hall–Kier alpha value is -3.38. The van der Waals surface area contributed by atoms with Gasteiger partial charge in [-0.1, -0.05) is 64.8 Å². The van der Waals surface area contributed by atoms with Crippen molar-refractivity contribution in [3.8, 4) is 11.4 Å². The molecule has 0 radical (unpaired) electrons. The first-order valence-electron chi connectivity index (χ1n) is 10.0. The fourth-order valence-corrected chi connectivity index (χ4v) is 3.81. The van der Waals surface area contributed by atoms with Crippen LogP contribution in [0.25, 0.3) is 11.4 Å². The molecule has 0 aliphatic carbocycles. The molecular formula is C25H23N3O2S. The Labute approximate surface area is 185 Å². The van der Waals surface area contributed by atoms with Crippen molar-refractivity contribution in [1.82, 2.24) is 15.5 Å². The third kappa shape index (κ3) is 5.61. The molecule has 0 aliphatic rings. The molecule has 3 aromatic carbocycles. The molecule has 4 aromatic rings. The molecule has 0 unspecified atom stereocenters. The van der Waals surface area contributed by atoms with Gasteiger partial charge in [-0.25, -0.2) is 0 Å². The van der Waals surface area contributed by atoms with Gasteiger partial charge in [0.2, 0.25) is 11.7 Å². The number of rotatable bonds is 7. The summed E-state index contributed by atoms with van der Waals surface area (Å²) in [6, 6.07) is 24.0. The number of hydrogen-bond donors (Lipinski definition) is 1. The monoisotopic (exact) mass is 429 g/mol. The van der Waals surface area contributed by atoms with Gasteiger partial charge in [0, 0.05) is 21.8 Å². The van der Waals surface area contributed by atoms with Crippen molar-refractivity contribution in [3.05, 3.63) is 101 Å². The molecule has 1 heterocycles. The highest BCUT2D eigenvalue weighted by Gasteiger charge is 2.11. The van der Waals surface area contributed by atoms with Crippen LogP contribution in [0, 0.1) is 13.8 Å². The van der Waals surface area contributed by atoms with Crippen molar-refractivity contribution in [2.45, 2.75) is 31.0 Å². The minimum Gasteiger partial charge on any atom is -0.343 e. The summed E-state index contributed by atoms with van der Waals surface area (Å²) in [7, 11) is 0. The van der Waals surface area contributed by atoms with E-state index in [2.05, 4.69) is 46.6 Å². The van der Waals surface area contributed by atoms with Crippen LogP contribution >= 0.6 is 11.8 Å². The molecule has 0 aliphatic heterocycles. The zero-order chi connectivity index (χ0) is 21.6. The van der Waals surface area contributed by atoms with E-state index >= 15 is 0 Å². The molecule has 0 saturated carbocycles. The van der Waals surface area contributed by atoms with Crippen LogP contribution in [0.2, 0.25) is 0 Å². The lowest BCUT2D eigenvalue weighted by Gasteiger charge is -2.05. The van der Waals surface area contributed by atoms with Gasteiger partial charge >= 0.3 is 0 Å². The van der Waals surface area contributed by atoms with Crippen molar-refractivity contribution in [2.75, 3.05) is 0 Å². The second-order valence-corrected chi connectivity index (χ2v) is 8.41. The van der Waals surface area contributed by atoms with Crippen molar-refractivity contribution in [3.63, 3.8) is 0 Å². The number of aryl methyl sites for hydroxylation is 2. The average Bonchev–Trinajstić information content (AvgIpc) is 3.27. The Morgan fingerprint density at radius 3 is 2.23 bits per heavy atom. The van der Waals surface area contributed by atoms with Gasteiger partial charge in [-0.2, -0.15) is 4.98 Å². The standard InChI is InChI=1S/C25H23N3O2S/c1-17-3-9-20(10-4-17)24-27-23(30-28-24)15-26-25(29)21-11-7-19(8-12-21)16-31-22-13-5-18(2)6-14-22/h3-14H,15-16H2,1-2H3,(H,26,29). The molecule has 31 heavy (non-hydrogen) atoms. The summed E-state index contributed by atoms with van der Waals surface area (Å²) in [6.45, 7) is 4.29. The molecular weight excluding hydrogens is 406 g/mol. The van der Waals surface area contributed by atoms with E-state index in [0.717, 1.165) is 11.3 Å². The number of carbonyl (C=O) groups excluding carboxylic acids is 1. The summed E-state index contributed by atoms with van der Waals surface area (Å²) in [5.74, 6) is 1.57. The van der Waals surface area contributed by atoms with Crippen LogP contribution in [0.5, 0.6) is 0 Å². The predicted molar refractivity (Wildman–Crippen MR) is 123 cm³/mol. The zero-order valence-corrected chi connectivity index (χ0v) is 18.3. The second-order valence-electron chi connectivity index (χ2n) is 7.36. The number of hydrogen-bond acceptors (Lipinski definition) is 5. The number of thioether (sulfide) groups is 1. The van der Waals surface area contributed by atoms with Crippen LogP contribution in [0.1, 0.15) is 32.9 Å². The lowest BCUT2D eigenvalue weighted by Crippen LogP contribution is -2.22. The molecule has 1 aromatic heterocycles. The molecule has 1 N–H and O–H groups in total. The first kappa shape index (κ1) is 20.9. The molecule has 6 heteroatoms. The van der Waals surface area contributed by atoms with Gasteiger partial charge in [0.25, 0.3) is 5.91 Å². The molecule has 0 bridgehead atoms.